The van der Waals surface area contributed by atoms with Crippen LogP contribution < -0.4 is 5.32 Å². The topological polar surface area (TPSA) is 52.7 Å². The smallest absolute Gasteiger partial charge is 0.241 e. The molecule has 1 spiro atoms. The van der Waals surface area contributed by atoms with E-state index in [0.717, 1.165) is 51.7 Å². The number of piperidine rings is 1. The molecule has 5 heteroatoms. The summed E-state index contributed by atoms with van der Waals surface area (Å²) >= 11 is 0. The Morgan fingerprint density at radius 3 is 2.27 bits per heavy atom. The molecule has 0 unspecified atom stereocenters. The molecular weight excluding hydrogens is 326 g/mol. The van der Waals surface area contributed by atoms with Crippen LogP contribution in [0.15, 0.2) is 0 Å². The first-order chi connectivity index (χ1) is 12.3. The van der Waals surface area contributed by atoms with E-state index in [2.05, 4.69) is 42.8 Å². The first-order valence-electron chi connectivity index (χ1n) is 10.7. The number of nitrogens with one attached hydrogen (secondary N) is 1. The zero-order valence-electron chi connectivity index (χ0n) is 17.1. The van der Waals surface area contributed by atoms with E-state index >= 15 is 0 Å². The molecule has 0 aromatic carbocycles. The summed E-state index contributed by atoms with van der Waals surface area (Å²) in [5.74, 6) is 1.83. The molecule has 3 aliphatic rings. The summed E-state index contributed by atoms with van der Waals surface area (Å²) in [5.41, 5.74) is -0.243. The molecule has 2 amide bonds. The van der Waals surface area contributed by atoms with Crippen LogP contribution in [0.4, 0.5) is 0 Å². The van der Waals surface area contributed by atoms with E-state index in [4.69, 9.17) is 0 Å². The first kappa shape index (κ1) is 19.7. The van der Waals surface area contributed by atoms with Crippen LogP contribution in [0, 0.1) is 17.8 Å². The molecule has 148 valence electrons. The maximum atomic E-state index is 13.1. The van der Waals surface area contributed by atoms with E-state index in [-0.39, 0.29) is 23.5 Å². The third-order valence-corrected chi connectivity index (χ3v) is 6.39. The van der Waals surface area contributed by atoms with Gasteiger partial charge in [-0.1, -0.05) is 40.5 Å². The van der Waals surface area contributed by atoms with Crippen LogP contribution in [0.2, 0.25) is 0 Å². The number of hydrogen-bond acceptors (Lipinski definition) is 3. The summed E-state index contributed by atoms with van der Waals surface area (Å²) < 4.78 is 0. The third kappa shape index (κ3) is 3.92. The standard InChI is InChI=1S/C21H37N3O2/c1-15(2)13-18-20(26)24(14-16(3)4)21(22-18)9-11-23(12-10-21)19(25)17-7-5-6-8-17/h15-18,22H,5-14H2,1-4H3/t18-/m1/s1. The molecule has 2 aliphatic heterocycles. The highest BCUT2D eigenvalue weighted by Gasteiger charge is 2.51. The maximum Gasteiger partial charge on any atom is 0.241 e. The van der Waals surface area contributed by atoms with Crippen LogP contribution >= 0.6 is 0 Å². The zero-order valence-corrected chi connectivity index (χ0v) is 17.1. The van der Waals surface area contributed by atoms with Gasteiger partial charge in [-0.2, -0.15) is 0 Å². The van der Waals surface area contributed by atoms with Crippen molar-refractivity contribution in [3.63, 3.8) is 0 Å². The van der Waals surface area contributed by atoms with Crippen molar-refractivity contribution in [1.82, 2.24) is 15.1 Å². The minimum atomic E-state index is -0.243. The van der Waals surface area contributed by atoms with Crippen molar-refractivity contribution in [1.29, 1.82) is 0 Å². The Bertz CT molecular complexity index is 517. The molecule has 0 radical (unpaired) electrons. The Morgan fingerprint density at radius 1 is 1.12 bits per heavy atom. The van der Waals surface area contributed by atoms with Crippen molar-refractivity contribution in [2.24, 2.45) is 17.8 Å². The van der Waals surface area contributed by atoms with E-state index in [1.54, 1.807) is 0 Å². The van der Waals surface area contributed by atoms with Gasteiger partial charge in [-0.25, -0.2) is 0 Å². The monoisotopic (exact) mass is 363 g/mol. The second-order valence-electron chi connectivity index (χ2n) is 9.51. The highest BCUT2D eigenvalue weighted by atomic mass is 16.2. The predicted octanol–water partition coefficient (Wildman–Crippen LogP) is 3.00. The molecule has 2 heterocycles. The van der Waals surface area contributed by atoms with Gasteiger partial charge in [0.25, 0.3) is 0 Å². The summed E-state index contributed by atoms with van der Waals surface area (Å²) in [7, 11) is 0. The molecule has 0 bridgehead atoms. The van der Waals surface area contributed by atoms with Crippen molar-refractivity contribution in [2.75, 3.05) is 19.6 Å². The average molecular weight is 364 g/mol. The van der Waals surface area contributed by atoms with Crippen molar-refractivity contribution >= 4 is 11.8 Å². The molecule has 5 nitrogen and oxygen atoms in total. The molecule has 1 aliphatic carbocycles. The van der Waals surface area contributed by atoms with Gasteiger partial charge in [0.1, 0.15) is 0 Å². The highest BCUT2D eigenvalue weighted by molar-refractivity contribution is 5.85. The van der Waals surface area contributed by atoms with Crippen molar-refractivity contribution < 1.29 is 9.59 Å². The number of carbonyl (C=O) groups excluding carboxylic acids is 2. The fourth-order valence-corrected chi connectivity index (χ4v) is 5.07. The Kier molecular flexibility index (Phi) is 5.95. The van der Waals surface area contributed by atoms with Crippen molar-refractivity contribution in [2.45, 2.75) is 84.3 Å². The number of carbonyl (C=O) groups is 2. The maximum absolute atomic E-state index is 13.1. The molecule has 0 aromatic rings. The molecule has 1 saturated carbocycles. The molecule has 3 fully saturated rings. The van der Waals surface area contributed by atoms with Gasteiger partial charge < -0.3 is 9.80 Å². The number of hydrogen-bond donors (Lipinski definition) is 1. The normalized spacial score (nSPS) is 26.7. The van der Waals surface area contributed by atoms with Crippen LogP contribution in [0.1, 0.15) is 72.6 Å². The van der Waals surface area contributed by atoms with Gasteiger partial charge in [0.15, 0.2) is 0 Å². The minimum absolute atomic E-state index is 0.0640. The van der Waals surface area contributed by atoms with E-state index in [9.17, 15) is 9.59 Å². The lowest BCUT2D eigenvalue weighted by Gasteiger charge is -2.45. The molecule has 26 heavy (non-hydrogen) atoms. The Labute approximate surface area is 158 Å². The SMILES string of the molecule is CC(C)C[C@H]1NC2(CCN(C(=O)C3CCCC3)CC2)N(CC(C)C)C1=O. The average Bonchev–Trinajstić information content (AvgIpc) is 3.19. The molecule has 1 atom stereocenters. The van der Waals surface area contributed by atoms with Gasteiger partial charge in [0.2, 0.25) is 11.8 Å². The lowest BCUT2D eigenvalue weighted by molar-refractivity contribution is -0.140. The van der Waals surface area contributed by atoms with E-state index in [0.29, 0.717) is 17.7 Å². The molecule has 3 rings (SSSR count). The summed E-state index contributed by atoms with van der Waals surface area (Å²) in [6.07, 6.45) is 7.13. The van der Waals surface area contributed by atoms with Gasteiger partial charge in [0, 0.05) is 38.4 Å². The molecule has 0 aromatic heterocycles. The molecular formula is C21H37N3O2. The second kappa shape index (κ2) is 7.87. The van der Waals surface area contributed by atoms with Gasteiger partial charge >= 0.3 is 0 Å². The number of likely N-dealkylation sites (tertiary alicyclic amines) is 1. The number of amides is 2. The quantitative estimate of drug-likeness (QED) is 0.817. The highest BCUT2D eigenvalue weighted by Crippen LogP contribution is 2.36. The number of rotatable bonds is 5. The van der Waals surface area contributed by atoms with Gasteiger partial charge in [0.05, 0.1) is 11.7 Å². The van der Waals surface area contributed by atoms with Gasteiger partial charge in [-0.15, -0.1) is 0 Å². The lowest BCUT2D eigenvalue weighted by atomic mass is 9.93. The summed E-state index contributed by atoms with van der Waals surface area (Å²) in [6, 6.07) is -0.0640. The lowest BCUT2D eigenvalue weighted by Crippen LogP contribution is -2.60. The zero-order chi connectivity index (χ0) is 18.9. The van der Waals surface area contributed by atoms with E-state index in [1.807, 2.05) is 0 Å². The van der Waals surface area contributed by atoms with Gasteiger partial charge in [-0.05, 0) is 31.1 Å². The second-order valence-corrected chi connectivity index (χ2v) is 9.51. The summed E-state index contributed by atoms with van der Waals surface area (Å²) in [5, 5.41) is 3.71. The minimum Gasteiger partial charge on any atom is -0.342 e. The van der Waals surface area contributed by atoms with Crippen molar-refractivity contribution in [3.05, 3.63) is 0 Å². The van der Waals surface area contributed by atoms with E-state index in [1.165, 1.54) is 12.8 Å². The molecule has 1 N–H and O–H groups in total. The van der Waals surface area contributed by atoms with Crippen LogP contribution in [-0.2, 0) is 9.59 Å². The Hall–Kier alpha value is -1.10. The Morgan fingerprint density at radius 2 is 1.73 bits per heavy atom. The van der Waals surface area contributed by atoms with Crippen LogP contribution in [0.3, 0.4) is 0 Å². The van der Waals surface area contributed by atoms with Crippen molar-refractivity contribution in [3.8, 4) is 0 Å². The fraction of sp³-hybridized carbons (Fsp3) is 0.905. The largest absolute Gasteiger partial charge is 0.342 e. The van der Waals surface area contributed by atoms with Gasteiger partial charge in [-0.3, -0.25) is 14.9 Å². The van der Waals surface area contributed by atoms with Crippen LogP contribution in [-0.4, -0.2) is 53.0 Å². The van der Waals surface area contributed by atoms with Crippen LogP contribution in [0.25, 0.3) is 0 Å². The fourth-order valence-electron chi connectivity index (χ4n) is 5.07. The van der Waals surface area contributed by atoms with Crippen LogP contribution in [0.5, 0.6) is 0 Å². The number of nitrogens with zero attached hydrogens (tertiary/aromatic N) is 2. The van der Waals surface area contributed by atoms with E-state index < -0.39 is 0 Å². The summed E-state index contributed by atoms with van der Waals surface area (Å²) in [6.45, 7) is 11.1. The molecule has 2 saturated heterocycles. The summed E-state index contributed by atoms with van der Waals surface area (Å²) in [4.78, 5) is 30.0. The predicted molar refractivity (Wildman–Crippen MR) is 103 cm³/mol. The third-order valence-electron chi connectivity index (χ3n) is 6.39. The first-order valence-corrected chi connectivity index (χ1v) is 10.7. The Balaban J connectivity index is 1.69.